The molecule has 134 valence electrons. The standard InChI is InChI=1S/C20H30O4/c1-4-7-10-11-12-15-18(19(21)23-16-13-8-5-2)20(22)24-17-14-9-6-3/h18H,4-7,10-12,15-17H2,1-3H3. The van der Waals surface area contributed by atoms with Crippen molar-refractivity contribution in [3.8, 4) is 23.7 Å². The van der Waals surface area contributed by atoms with Crippen molar-refractivity contribution in [3.05, 3.63) is 0 Å². The molecule has 0 radical (unpaired) electrons. The smallest absolute Gasteiger partial charge is 0.321 e. The number of unbranched alkanes of at least 4 members (excludes halogenated alkanes) is 4. The number of rotatable bonds is 10. The van der Waals surface area contributed by atoms with Crippen LogP contribution >= 0.6 is 0 Å². The Morgan fingerprint density at radius 3 is 1.71 bits per heavy atom. The third-order valence-electron chi connectivity index (χ3n) is 3.34. The van der Waals surface area contributed by atoms with Crippen LogP contribution in [0.5, 0.6) is 0 Å². The molecule has 0 aromatic rings. The second-order valence-electron chi connectivity index (χ2n) is 5.39. The molecule has 0 heterocycles. The van der Waals surface area contributed by atoms with Gasteiger partial charge >= 0.3 is 11.9 Å². The Bertz CT molecular complexity index is 435. The van der Waals surface area contributed by atoms with E-state index >= 15 is 0 Å². The summed E-state index contributed by atoms with van der Waals surface area (Å²) in [6.45, 7) is 6.02. The Labute approximate surface area is 146 Å². The van der Waals surface area contributed by atoms with Crippen LogP contribution in [-0.4, -0.2) is 25.2 Å². The Balaban J connectivity index is 4.50. The molecule has 0 rings (SSSR count). The van der Waals surface area contributed by atoms with Gasteiger partial charge in [0.1, 0.15) is 0 Å². The molecule has 0 N–H and O–H groups in total. The maximum Gasteiger partial charge on any atom is 0.321 e. The quantitative estimate of drug-likeness (QED) is 0.263. The van der Waals surface area contributed by atoms with E-state index in [1.807, 2.05) is 13.8 Å². The normalized spacial score (nSPS) is 9.50. The first-order chi connectivity index (χ1) is 11.7. The van der Waals surface area contributed by atoms with Crippen LogP contribution in [0.3, 0.4) is 0 Å². The summed E-state index contributed by atoms with van der Waals surface area (Å²) >= 11 is 0. The zero-order valence-corrected chi connectivity index (χ0v) is 15.3. The number of carbonyl (C=O) groups is 2. The van der Waals surface area contributed by atoms with Crippen molar-refractivity contribution in [3.63, 3.8) is 0 Å². The molecule has 4 heteroatoms. The molecule has 0 aromatic heterocycles. The molecular weight excluding hydrogens is 304 g/mol. The highest BCUT2D eigenvalue weighted by Gasteiger charge is 2.29. The predicted octanol–water partition coefficient (Wildman–Crippen LogP) is 3.88. The molecule has 0 aliphatic carbocycles. The maximum absolute atomic E-state index is 12.1. The first kappa shape index (κ1) is 22.1. The lowest BCUT2D eigenvalue weighted by Gasteiger charge is -2.13. The lowest BCUT2D eigenvalue weighted by molar-refractivity contribution is -0.160. The highest BCUT2D eigenvalue weighted by atomic mass is 16.6. The lowest BCUT2D eigenvalue weighted by Crippen LogP contribution is -2.28. The third-order valence-corrected chi connectivity index (χ3v) is 3.34. The van der Waals surface area contributed by atoms with Gasteiger partial charge in [0.15, 0.2) is 19.1 Å². The van der Waals surface area contributed by atoms with Crippen LogP contribution in [0.15, 0.2) is 0 Å². The predicted molar refractivity (Wildman–Crippen MR) is 94.9 cm³/mol. The summed E-state index contributed by atoms with van der Waals surface area (Å²) in [6, 6.07) is 0. The minimum atomic E-state index is -0.876. The van der Waals surface area contributed by atoms with Crippen molar-refractivity contribution in [1.29, 1.82) is 0 Å². The summed E-state index contributed by atoms with van der Waals surface area (Å²) in [5, 5.41) is 0. The summed E-state index contributed by atoms with van der Waals surface area (Å²) in [4.78, 5) is 24.3. The zero-order valence-electron chi connectivity index (χ0n) is 15.3. The van der Waals surface area contributed by atoms with Gasteiger partial charge in [-0.2, -0.15) is 0 Å². The van der Waals surface area contributed by atoms with E-state index in [2.05, 4.69) is 30.6 Å². The molecule has 0 atom stereocenters. The van der Waals surface area contributed by atoms with Crippen molar-refractivity contribution < 1.29 is 19.1 Å². The van der Waals surface area contributed by atoms with Gasteiger partial charge in [0.25, 0.3) is 0 Å². The van der Waals surface area contributed by atoms with Crippen molar-refractivity contribution in [2.24, 2.45) is 5.92 Å². The molecule has 0 saturated carbocycles. The summed E-state index contributed by atoms with van der Waals surface area (Å²) in [5.74, 6) is 9.14. The second-order valence-corrected chi connectivity index (χ2v) is 5.39. The Morgan fingerprint density at radius 1 is 0.750 bits per heavy atom. The van der Waals surface area contributed by atoms with E-state index in [1.54, 1.807) is 0 Å². The highest BCUT2D eigenvalue weighted by molar-refractivity contribution is 5.95. The van der Waals surface area contributed by atoms with Crippen LogP contribution in [-0.2, 0) is 19.1 Å². The first-order valence-electron chi connectivity index (χ1n) is 8.91. The van der Waals surface area contributed by atoms with Crippen molar-refractivity contribution in [1.82, 2.24) is 0 Å². The minimum Gasteiger partial charge on any atom is -0.452 e. The van der Waals surface area contributed by atoms with Crippen molar-refractivity contribution in [2.75, 3.05) is 13.2 Å². The highest BCUT2D eigenvalue weighted by Crippen LogP contribution is 2.15. The average Bonchev–Trinajstić information content (AvgIpc) is 2.58. The minimum absolute atomic E-state index is 0.0158. The molecule has 0 spiro atoms. The van der Waals surface area contributed by atoms with Crippen molar-refractivity contribution >= 4 is 11.9 Å². The molecule has 0 saturated heterocycles. The Hall–Kier alpha value is -1.94. The molecule has 24 heavy (non-hydrogen) atoms. The fourth-order valence-electron chi connectivity index (χ4n) is 2.05. The largest absolute Gasteiger partial charge is 0.452 e. The summed E-state index contributed by atoms with van der Waals surface area (Å²) in [5.41, 5.74) is 0. The van der Waals surface area contributed by atoms with Gasteiger partial charge in [-0.25, -0.2) is 0 Å². The Kier molecular flexibility index (Phi) is 14.6. The van der Waals surface area contributed by atoms with Crippen LogP contribution in [0.2, 0.25) is 0 Å². The SMILES string of the molecule is CCC#CCOC(=O)C(CCCCCCC)C(=O)OCC#CCC. The average molecular weight is 334 g/mol. The fraction of sp³-hybridized carbons (Fsp3) is 0.700. The van der Waals surface area contributed by atoms with Crippen LogP contribution < -0.4 is 0 Å². The zero-order chi connectivity index (χ0) is 18.0. The van der Waals surface area contributed by atoms with E-state index in [9.17, 15) is 9.59 Å². The Morgan fingerprint density at radius 2 is 1.25 bits per heavy atom. The van der Waals surface area contributed by atoms with Gasteiger partial charge in [0, 0.05) is 12.8 Å². The number of ether oxygens (including phenoxy) is 2. The van der Waals surface area contributed by atoms with E-state index < -0.39 is 17.9 Å². The maximum atomic E-state index is 12.1. The summed E-state index contributed by atoms with van der Waals surface area (Å²) in [7, 11) is 0. The first-order valence-corrected chi connectivity index (χ1v) is 8.91. The second kappa shape index (κ2) is 15.9. The van der Waals surface area contributed by atoms with Gasteiger partial charge in [0.05, 0.1) is 0 Å². The number of hydrogen-bond acceptors (Lipinski definition) is 4. The molecular formula is C20H30O4. The van der Waals surface area contributed by atoms with Gasteiger partial charge in [-0.05, 0) is 6.42 Å². The van der Waals surface area contributed by atoms with Crippen LogP contribution in [0.4, 0.5) is 0 Å². The van der Waals surface area contributed by atoms with E-state index in [1.165, 1.54) is 6.42 Å². The molecule has 0 bridgehead atoms. The number of carbonyl (C=O) groups excluding carboxylic acids is 2. The van der Waals surface area contributed by atoms with E-state index in [0.29, 0.717) is 19.3 Å². The van der Waals surface area contributed by atoms with E-state index in [0.717, 1.165) is 25.7 Å². The molecule has 0 amide bonds. The molecule has 0 aliphatic rings. The summed E-state index contributed by atoms with van der Waals surface area (Å²) in [6.07, 6.45) is 7.08. The topological polar surface area (TPSA) is 52.6 Å². The molecule has 0 aromatic carbocycles. The number of esters is 2. The van der Waals surface area contributed by atoms with E-state index in [-0.39, 0.29) is 13.2 Å². The van der Waals surface area contributed by atoms with Crippen molar-refractivity contribution in [2.45, 2.75) is 72.1 Å². The number of hydrogen-bond donors (Lipinski definition) is 0. The fourth-order valence-corrected chi connectivity index (χ4v) is 2.05. The molecule has 0 unspecified atom stereocenters. The van der Waals surface area contributed by atoms with Crippen LogP contribution in [0, 0.1) is 29.6 Å². The van der Waals surface area contributed by atoms with Gasteiger partial charge in [0.2, 0.25) is 0 Å². The van der Waals surface area contributed by atoms with Gasteiger partial charge in [-0.3, -0.25) is 9.59 Å². The van der Waals surface area contributed by atoms with Crippen LogP contribution in [0.1, 0.15) is 72.1 Å². The molecule has 0 fully saturated rings. The lowest BCUT2D eigenvalue weighted by atomic mass is 10.0. The van der Waals surface area contributed by atoms with Gasteiger partial charge < -0.3 is 9.47 Å². The third kappa shape index (κ3) is 11.6. The van der Waals surface area contributed by atoms with E-state index in [4.69, 9.17) is 9.47 Å². The molecule has 4 nitrogen and oxygen atoms in total. The molecule has 0 aliphatic heterocycles. The van der Waals surface area contributed by atoms with Gasteiger partial charge in [-0.15, -0.1) is 11.8 Å². The summed E-state index contributed by atoms with van der Waals surface area (Å²) < 4.78 is 10.2. The van der Waals surface area contributed by atoms with Crippen LogP contribution in [0.25, 0.3) is 0 Å². The van der Waals surface area contributed by atoms with Gasteiger partial charge in [-0.1, -0.05) is 64.7 Å². The monoisotopic (exact) mass is 334 g/mol.